The third kappa shape index (κ3) is 3.34. The maximum absolute atomic E-state index is 11.6. The Balaban J connectivity index is 2.51. The molecule has 0 saturated carbocycles. The van der Waals surface area contributed by atoms with Crippen molar-refractivity contribution in [2.75, 3.05) is 0 Å². The molecule has 0 radical (unpaired) electrons. The second kappa shape index (κ2) is 5.65. The summed E-state index contributed by atoms with van der Waals surface area (Å²) in [6.07, 6.45) is 3.20. The molecule has 0 saturated heterocycles. The first-order chi connectivity index (χ1) is 7.54. The molecule has 90 valence electrons. The Labute approximate surface area is 95.4 Å². The molecular weight excluding hydrogens is 206 g/mol. The van der Waals surface area contributed by atoms with Gasteiger partial charge in [0.2, 0.25) is 11.8 Å². The molecule has 0 spiro atoms. The lowest BCUT2D eigenvalue weighted by atomic mass is 10.1. The zero-order valence-corrected chi connectivity index (χ0v) is 9.99. The number of amides is 1. The third-order valence-electron chi connectivity index (χ3n) is 2.30. The summed E-state index contributed by atoms with van der Waals surface area (Å²) in [5.74, 6) is 1.08. The van der Waals surface area contributed by atoms with E-state index in [2.05, 4.69) is 10.3 Å². The van der Waals surface area contributed by atoms with Crippen molar-refractivity contribution >= 4 is 5.91 Å². The quantitative estimate of drug-likeness (QED) is 0.791. The number of hydrogen-bond acceptors (Lipinski definition) is 4. The number of aromatic nitrogens is 1. The Morgan fingerprint density at radius 2 is 2.38 bits per heavy atom. The highest BCUT2D eigenvalue weighted by molar-refractivity contribution is 5.81. The van der Waals surface area contributed by atoms with Crippen LogP contribution in [0, 0.1) is 6.92 Å². The van der Waals surface area contributed by atoms with Crippen molar-refractivity contribution in [2.45, 2.75) is 45.7 Å². The fourth-order valence-corrected chi connectivity index (χ4v) is 1.40. The monoisotopic (exact) mass is 225 g/mol. The number of hydrogen-bond donors (Lipinski definition) is 2. The number of nitrogens with zero attached hydrogens (tertiary/aromatic N) is 1. The summed E-state index contributed by atoms with van der Waals surface area (Å²) in [6, 6.07) is -0.701. The first kappa shape index (κ1) is 12.7. The summed E-state index contributed by atoms with van der Waals surface area (Å²) in [4.78, 5) is 15.7. The van der Waals surface area contributed by atoms with Crippen LogP contribution in [0.25, 0.3) is 0 Å². The fourth-order valence-electron chi connectivity index (χ4n) is 1.40. The van der Waals surface area contributed by atoms with Gasteiger partial charge >= 0.3 is 0 Å². The SMILES string of the molecule is CCC[C@@H](N)C(=O)NC(C)c1ncc(C)o1. The van der Waals surface area contributed by atoms with Crippen LogP contribution in [0.1, 0.15) is 44.4 Å². The first-order valence-electron chi connectivity index (χ1n) is 5.52. The maximum atomic E-state index is 11.6. The summed E-state index contributed by atoms with van der Waals surface area (Å²) in [6.45, 7) is 5.63. The van der Waals surface area contributed by atoms with Gasteiger partial charge in [0.05, 0.1) is 12.2 Å². The average Bonchev–Trinajstić information content (AvgIpc) is 2.65. The van der Waals surface area contributed by atoms with Crippen LogP contribution >= 0.6 is 0 Å². The number of rotatable bonds is 5. The van der Waals surface area contributed by atoms with Crippen LogP contribution in [-0.4, -0.2) is 16.9 Å². The van der Waals surface area contributed by atoms with Gasteiger partial charge in [-0.15, -0.1) is 0 Å². The van der Waals surface area contributed by atoms with E-state index in [1.807, 2.05) is 20.8 Å². The number of carbonyl (C=O) groups is 1. The van der Waals surface area contributed by atoms with Crippen molar-refractivity contribution in [1.82, 2.24) is 10.3 Å². The summed E-state index contributed by atoms with van der Waals surface area (Å²) in [7, 11) is 0. The van der Waals surface area contributed by atoms with Crippen molar-refractivity contribution in [3.63, 3.8) is 0 Å². The fraction of sp³-hybridized carbons (Fsp3) is 0.636. The molecule has 1 amide bonds. The van der Waals surface area contributed by atoms with E-state index in [1.54, 1.807) is 6.20 Å². The lowest BCUT2D eigenvalue weighted by Gasteiger charge is -2.14. The smallest absolute Gasteiger partial charge is 0.237 e. The van der Waals surface area contributed by atoms with Crippen molar-refractivity contribution in [3.8, 4) is 0 Å². The van der Waals surface area contributed by atoms with Crippen LogP contribution in [0.15, 0.2) is 10.6 Å². The molecule has 1 aromatic rings. The Kier molecular flexibility index (Phi) is 4.49. The zero-order valence-electron chi connectivity index (χ0n) is 9.99. The van der Waals surface area contributed by atoms with Crippen LogP contribution in [0.3, 0.4) is 0 Å². The van der Waals surface area contributed by atoms with Crippen molar-refractivity contribution in [3.05, 3.63) is 17.8 Å². The van der Waals surface area contributed by atoms with E-state index in [1.165, 1.54) is 0 Å². The minimum atomic E-state index is -0.455. The molecule has 16 heavy (non-hydrogen) atoms. The first-order valence-corrected chi connectivity index (χ1v) is 5.52. The van der Waals surface area contributed by atoms with Crippen molar-refractivity contribution < 1.29 is 9.21 Å². The van der Waals surface area contributed by atoms with E-state index >= 15 is 0 Å². The molecule has 0 fully saturated rings. The van der Waals surface area contributed by atoms with Crippen LogP contribution in [0.5, 0.6) is 0 Å². The molecule has 0 bridgehead atoms. The molecule has 0 aliphatic rings. The second-order valence-corrected chi connectivity index (χ2v) is 3.93. The van der Waals surface area contributed by atoms with E-state index in [0.29, 0.717) is 12.3 Å². The van der Waals surface area contributed by atoms with Gasteiger partial charge in [0.15, 0.2) is 0 Å². The Hall–Kier alpha value is -1.36. The van der Waals surface area contributed by atoms with Crippen LogP contribution < -0.4 is 11.1 Å². The van der Waals surface area contributed by atoms with Crippen LogP contribution in [-0.2, 0) is 4.79 Å². The Morgan fingerprint density at radius 3 is 2.88 bits per heavy atom. The molecule has 0 aliphatic heterocycles. The summed E-state index contributed by atoms with van der Waals surface area (Å²) in [5.41, 5.74) is 5.70. The molecule has 1 unspecified atom stereocenters. The van der Waals surface area contributed by atoms with Crippen LogP contribution in [0.2, 0.25) is 0 Å². The molecule has 1 aromatic heterocycles. The molecular formula is C11H19N3O2. The van der Waals surface area contributed by atoms with E-state index < -0.39 is 6.04 Å². The molecule has 1 rings (SSSR count). The average molecular weight is 225 g/mol. The highest BCUT2D eigenvalue weighted by atomic mass is 16.4. The normalized spacial score (nSPS) is 14.5. The van der Waals surface area contributed by atoms with Gasteiger partial charge in [-0.3, -0.25) is 4.79 Å². The molecule has 5 heteroatoms. The van der Waals surface area contributed by atoms with Gasteiger partial charge in [0.1, 0.15) is 11.8 Å². The zero-order chi connectivity index (χ0) is 12.1. The van der Waals surface area contributed by atoms with Gasteiger partial charge in [-0.05, 0) is 20.3 Å². The minimum Gasteiger partial charge on any atom is -0.444 e. The molecule has 0 aromatic carbocycles. The third-order valence-corrected chi connectivity index (χ3v) is 2.30. The number of nitrogens with two attached hydrogens (primary N) is 1. The molecule has 0 aliphatic carbocycles. The Morgan fingerprint density at radius 1 is 1.69 bits per heavy atom. The molecule has 2 atom stereocenters. The maximum Gasteiger partial charge on any atom is 0.237 e. The molecule has 3 N–H and O–H groups in total. The summed E-state index contributed by atoms with van der Waals surface area (Å²) < 4.78 is 5.32. The molecule has 5 nitrogen and oxygen atoms in total. The van der Waals surface area contributed by atoms with Gasteiger partial charge in [-0.1, -0.05) is 13.3 Å². The topological polar surface area (TPSA) is 81.2 Å². The van der Waals surface area contributed by atoms with Gasteiger partial charge in [0.25, 0.3) is 0 Å². The number of carbonyl (C=O) groups excluding carboxylic acids is 1. The largest absolute Gasteiger partial charge is 0.444 e. The lowest BCUT2D eigenvalue weighted by molar-refractivity contribution is -0.123. The van der Waals surface area contributed by atoms with Gasteiger partial charge in [-0.25, -0.2) is 4.98 Å². The minimum absolute atomic E-state index is 0.162. The Bertz CT molecular complexity index is 349. The van der Waals surface area contributed by atoms with Crippen molar-refractivity contribution in [1.29, 1.82) is 0 Å². The van der Waals surface area contributed by atoms with E-state index in [-0.39, 0.29) is 11.9 Å². The van der Waals surface area contributed by atoms with Gasteiger partial charge in [-0.2, -0.15) is 0 Å². The van der Waals surface area contributed by atoms with Crippen LogP contribution in [0.4, 0.5) is 0 Å². The predicted molar refractivity (Wildman–Crippen MR) is 60.7 cm³/mol. The number of oxazole rings is 1. The summed E-state index contributed by atoms with van der Waals surface area (Å²) >= 11 is 0. The van der Waals surface area contributed by atoms with E-state index in [4.69, 9.17) is 10.2 Å². The van der Waals surface area contributed by atoms with Gasteiger partial charge < -0.3 is 15.5 Å². The number of aryl methyl sites for hydroxylation is 1. The number of nitrogens with one attached hydrogen (secondary N) is 1. The van der Waals surface area contributed by atoms with Crippen molar-refractivity contribution in [2.24, 2.45) is 5.73 Å². The standard InChI is InChI=1S/C11H19N3O2/c1-4-5-9(12)10(15)14-8(3)11-13-6-7(2)16-11/h6,8-9H,4-5,12H2,1-3H3,(H,14,15)/t8?,9-/m1/s1. The highest BCUT2D eigenvalue weighted by Gasteiger charge is 2.18. The lowest BCUT2D eigenvalue weighted by Crippen LogP contribution is -2.41. The summed E-state index contributed by atoms with van der Waals surface area (Å²) in [5, 5.41) is 2.77. The van der Waals surface area contributed by atoms with E-state index in [0.717, 1.165) is 12.2 Å². The van der Waals surface area contributed by atoms with E-state index in [9.17, 15) is 4.79 Å². The second-order valence-electron chi connectivity index (χ2n) is 3.93. The highest BCUT2D eigenvalue weighted by Crippen LogP contribution is 2.12. The molecule has 1 heterocycles. The predicted octanol–water partition coefficient (Wildman–Crippen LogP) is 1.29. The van der Waals surface area contributed by atoms with Gasteiger partial charge in [0, 0.05) is 0 Å².